The predicted octanol–water partition coefficient (Wildman–Crippen LogP) is 0.623. The van der Waals surface area contributed by atoms with Crippen LogP contribution in [-0.2, 0) is 16.4 Å². The van der Waals surface area contributed by atoms with Crippen molar-refractivity contribution in [2.45, 2.75) is 25.8 Å². The van der Waals surface area contributed by atoms with Gasteiger partial charge in [0.15, 0.2) is 0 Å². The lowest BCUT2D eigenvalue weighted by atomic mass is 10.2. The molecule has 0 aliphatic rings. The number of sulfonamides is 1. The molecule has 0 radical (unpaired) electrons. The molecule has 0 aliphatic heterocycles. The van der Waals surface area contributed by atoms with E-state index in [9.17, 15) is 8.42 Å². The second kappa shape index (κ2) is 6.82. The summed E-state index contributed by atoms with van der Waals surface area (Å²) < 4.78 is 25.6. The van der Waals surface area contributed by atoms with E-state index in [4.69, 9.17) is 5.73 Å². The van der Waals surface area contributed by atoms with Gasteiger partial charge in [-0.3, -0.25) is 4.98 Å². The Morgan fingerprint density at radius 1 is 1.39 bits per heavy atom. The van der Waals surface area contributed by atoms with Gasteiger partial charge in [-0.15, -0.1) is 0 Å². The highest BCUT2D eigenvalue weighted by Crippen LogP contribution is 2.09. The van der Waals surface area contributed by atoms with Crippen LogP contribution in [0.3, 0.4) is 0 Å². The molecule has 1 aromatic rings. The van der Waals surface area contributed by atoms with Crippen LogP contribution in [0.5, 0.6) is 0 Å². The first-order chi connectivity index (χ1) is 8.47. The first-order valence-corrected chi connectivity index (χ1v) is 7.63. The van der Waals surface area contributed by atoms with Crippen molar-refractivity contribution in [2.75, 3.05) is 19.3 Å². The van der Waals surface area contributed by atoms with Crippen molar-refractivity contribution in [3.63, 3.8) is 0 Å². The molecule has 2 N–H and O–H groups in total. The highest BCUT2D eigenvalue weighted by molar-refractivity contribution is 7.89. The molecule has 0 aliphatic carbocycles. The van der Waals surface area contributed by atoms with Gasteiger partial charge < -0.3 is 5.73 Å². The Morgan fingerprint density at radius 2 is 2.00 bits per heavy atom. The SMILES string of the molecule is CC(CCN)N(C)S(=O)(=O)CCc1ccncc1. The van der Waals surface area contributed by atoms with Crippen LogP contribution in [0.25, 0.3) is 0 Å². The molecule has 1 heterocycles. The van der Waals surface area contributed by atoms with E-state index in [0.717, 1.165) is 5.56 Å². The van der Waals surface area contributed by atoms with Crippen molar-refractivity contribution in [3.05, 3.63) is 30.1 Å². The van der Waals surface area contributed by atoms with Crippen molar-refractivity contribution < 1.29 is 8.42 Å². The monoisotopic (exact) mass is 271 g/mol. The van der Waals surface area contributed by atoms with Gasteiger partial charge in [-0.25, -0.2) is 12.7 Å². The summed E-state index contributed by atoms with van der Waals surface area (Å²) in [7, 11) is -1.61. The number of aromatic nitrogens is 1. The zero-order chi connectivity index (χ0) is 13.6. The maximum Gasteiger partial charge on any atom is 0.214 e. The third-order valence-corrected chi connectivity index (χ3v) is 5.00. The largest absolute Gasteiger partial charge is 0.330 e. The van der Waals surface area contributed by atoms with Crippen molar-refractivity contribution in [3.8, 4) is 0 Å². The molecule has 1 atom stereocenters. The molecule has 0 fully saturated rings. The molecular formula is C12H21N3O2S. The van der Waals surface area contributed by atoms with Crippen LogP contribution in [0.2, 0.25) is 0 Å². The lowest BCUT2D eigenvalue weighted by Crippen LogP contribution is -2.38. The third-order valence-electron chi connectivity index (χ3n) is 3.04. The number of rotatable bonds is 7. The number of hydrogen-bond donors (Lipinski definition) is 1. The molecule has 6 heteroatoms. The van der Waals surface area contributed by atoms with E-state index >= 15 is 0 Å². The Balaban J connectivity index is 2.59. The molecule has 0 bridgehead atoms. The van der Waals surface area contributed by atoms with Gasteiger partial charge in [0.25, 0.3) is 0 Å². The molecule has 0 saturated carbocycles. The topological polar surface area (TPSA) is 76.3 Å². The molecule has 102 valence electrons. The van der Waals surface area contributed by atoms with Crippen molar-refractivity contribution in [2.24, 2.45) is 5.73 Å². The molecule has 0 spiro atoms. The van der Waals surface area contributed by atoms with Gasteiger partial charge in [-0.1, -0.05) is 0 Å². The fourth-order valence-electron chi connectivity index (χ4n) is 1.64. The van der Waals surface area contributed by atoms with Gasteiger partial charge in [-0.2, -0.15) is 0 Å². The fourth-order valence-corrected chi connectivity index (χ4v) is 3.07. The molecule has 1 rings (SSSR count). The van der Waals surface area contributed by atoms with Crippen LogP contribution in [0.4, 0.5) is 0 Å². The Bertz CT molecular complexity index is 448. The van der Waals surface area contributed by atoms with E-state index in [0.29, 0.717) is 19.4 Å². The zero-order valence-electron chi connectivity index (χ0n) is 10.9. The van der Waals surface area contributed by atoms with Crippen LogP contribution >= 0.6 is 0 Å². The Hall–Kier alpha value is -0.980. The summed E-state index contributed by atoms with van der Waals surface area (Å²) in [6.07, 6.45) is 4.51. The van der Waals surface area contributed by atoms with E-state index in [2.05, 4.69) is 4.98 Å². The van der Waals surface area contributed by atoms with Gasteiger partial charge >= 0.3 is 0 Å². The third kappa shape index (κ3) is 4.36. The average Bonchev–Trinajstić information content (AvgIpc) is 2.37. The maximum atomic E-state index is 12.1. The molecule has 0 aromatic carbocycles. The van der Waals surface area contributed by atoms with Crippen LogP contribution in [0, 0.1) is 0 Å². The van der Waals surface area contributed by atoms with Crippen LogP contribution in [-0.4, -0.2) is 43.1 Å². The van der Waals surface area contributed by atoms with E-state index in [1.54, 1.807) is 19.4 Å². The quantitative estimate of drug-likeness (QED) is 0.789. The Labute approximate surface area is 109 Å². The minimum atomic E-state index is -3.22. The molecule has 1 unspecified atom stereocenters. The van der Waals surface area contributed by atoms with Gasteiger partial charge in [0.05, 0.1) is 5.75 Å². The lowest BCUT2D eigenvalue weighted by Gasteiger charge is -2.23. The summed E-state index contributed by atoms with van der Waals surface area (Å²) in [5.74, 6) is 0.114. The molecule has 1 aromatic heterocycles. The fraction of sp³-hybridized carbons (Fsp3) is 0.583. The van der Waals surface area contributed by atoms with Gasteiger partial charge in [-0.05, 0) is 44.0 Å². The minimum absolute atomic E-state index is 0.0579. The maximum absolute atomic E-state index is 12.1. The van der Waals surface area contributed by atoms with Gasteiger partial charge in [0.1, 0.15) is 0 Å². The number of aryl methyl sites for hydroxylation is 1. The average molecular weight is 271 g/mol. The smallest absolute Gasteiger partial charge is 0.214 e. The summed E-state index contributed by atoms with van der Waals surface area (Å²) in [4.78, 5) is 3.90. The highest BCUT2D eigenvalue weighted by Gasteiger charge is 2.22. The normalized spacial score (nSPS) is 13.8. The van der Waals surface area contributed by atoms with E-state index in [1.807, 2.05) is 19.1 Å². The Kier molecular flexibility index (Phi) is 5.71. The summed E-state index contributed by atoms with van der Waals surface area (Å²) in [5.41, 5.74) is 6.43. The van der Waals surface area contributed by atoms with Crippen molar-refractivity contribution in [1.82, 2.24) is 9.29 Å². The molecule has 18 heavy (non-hydrogen) atoms. The van der Waals surface area contributed by atoms with Crippen LogP contribution in [0.1, 0.15) is 18.9 Å². The molecular weight excluding hydrogens is 250 g/mol. The second-order valence-corrected chi connectivity index (χ2v) is 6.51. The lowest BCUT2D eigenvalue weighted by molar-refractivity contribution is 0.374. The number of hydrogen-bond acceptors (Lipinski definition) is 4. The summed E-state index contributed by atoms with van der Waals surface area (Å²) in [6, 6.07) is 3.61. The number of nitrogens with zero attached hydrogens (tertiary/aromatic N) is 2. The first kappa shape index (κ1) is 15.1. The summed E-state index contributed by atoms with van der Waals surface area (Å²) in [5, 5.41) is 0. The number of pyridine rings is 1. The van der Waals surface area contributed by atoms with E-state index in [1.165, 1.54) is 4.31 Å². The zero-order valence-corrected chi connectivity index (χ0v) is 11.7. The Morgan fingerprint density at radius 3 is 2.56 bits per heavy atom. The molecule has 0 amide bonds. The van der Waals surface area contributed by atoms with Crippen LogP contribution < -0.4 is 5.73 Å². The number of nitrogens with two attached hydrogens (primary N) is 1. The van der Waals surface area contributed by atoms with Gasteiger partial charge in [0, 0.05) is 25.5 Å². The standard InChI is InChI=1S/C12H21N3O2S/c1-11(3-7-13)15(2)18(16,17)10-6-12-4-8-14-9-5-12/h4-5,8-9,11H,3,6-7,10,13H2,1-2H3. The van der Waals surface area contributed by atoms with Crippen molar-refractivity contribution >= 4 is 10.0 Å². The second-order valence-electron chi connectivity index (χ2n) is 4.36. The summed E-state index contributed by atoms with van der Waals surface area (Å²) in [6.45, 7) is 2.36. The van der Waals surface area contributed by atoms with E-state index in [-0.39, 0.29) is 11.8 Å². The molecule has 5 nitrogen and oxygen atoms in total. The minimum Gasteiger partial charge on any atom is -0.330 e. The van der Waals surface area contributed by atoms with Gasteiger partial charge in [0.2, 0.25) is 10.0 Å². The van der Waals surface area contributed by atoms with Crippen LogP contribution in [0.15, 0.2) is 24.5 Å². The first-order valence-electron chi connectivity index (χ1n) is 6.02. The van der Waals surface area contributed by atoms with E-state index < -0.39 is 10.0 Å². The summed E-state index contributed by atoms with van der Waals surface area (Å²) >= 11 is 0. The highest BCUT2D eigenvalue weighted by atomic mass is 32.2. The predicted molar refractivity (Wildman–Crippen MR) is 72.6 cm³/mol. The molecule has 0 saturated heterocycles. The van der Waals surface area contributed by atoms with Crippen molar-refractivity contribution in [1.29, 1.82) is 0 Å².